The van der Waals surface area contributed by atoms with Gasteiger partial charge in [0.2, 0.25) is 0 Å². The molecule has 0 saturated carbocycles. The summed E-state index contributed by atoms with van der Waals surface area (Å²) in [7, 11) is 0. The van der Waals surface area contributed by atoms with Crippen LogP contribution in [0.15, 0.2) is 36.4 Å². The number of nitrogens with zero attached hydrogens (tertiary/aromatic N) is 2. The summed E-state index contributed by atoms with van der Waals surface area (Å²) >= 11 is 1.87. The molecule has 0 radical (unpaired) electrons. The van der Waals surface area contributed by atoms with Gasteiger partial charge in [-0.2, -0.15) is 0 Å². The highest BCUT2D eigenvalue weighted by Crippen LogP contribution is 2.22. The quantitative estimate of drug-likeness (QED) is 0.770. The van der Waals surface area contributed by atoms with E-state index in [9.17, 15) is 0 Å². The van der Waals surface area contributed by atoms with E-state index in [1.165, 1.54) is 15.3 Å². The minimum absolute atomic E-state index is 0.402. The summed E-state index contributed by atoms with van der Waals surface area (Å²) in [6.07, 6.45) is 0. The first-order valence-corrected chi connectivity index (χ1v) is 8.18. The van der Waals surface area contributed by atoms with Gasteiger partial charge in [-0.1, -0.05) is 12.1 Å². The number of para-hydroxylation sites is 2. The number of aromatic nitrogens is 2. The van der Waals surface area contributed by atoms with Crippen molar-refractivity contribution >= 4 is 22.4 Å². The van der Waals surface area contributed by atoms with Gasteiger partial charge >= 0.3 is 0 Å². The summed E-state index contributed by atoms with van der Waals surface area (Å²) in [4.78, 5) is 7.38. The van der Waals surface area contributed by atoms with Gasteiger partial charge in [-0.3, -0.25) is 0 Å². The standard InChI is InChI=1S/C17H21N3S/c1-12-8-9-17(21-12)13(2)18-10-11-20-14(3)19-15-6-4-5-7-16(15)20/h4-9,13,18H,10-11H2,1-3H3. The van der Waals surface area contributed by atoms with E-state index >= 15 is 0 Å². The van der Waals surface area contributed by atoms with Crippen LogP contribution in [0.1, 0.15) is 28.5 Å². The predicted octanol–water partition coefficient (Wildman–Crippen LogP) is 4.07. The van der Waals surface area contributed by atoms with Crippen LogP contribution in [0.25, 0.3) is 11.0 Å². The fourth-order valence-corrected chi connectivity index (χ4v) is 3.56. The number of rotatable bonds is 5. The van der Waals surface area contributed by atoms with Crippen molar-refractivity contribution in [3.05, 3.63) is 52.0 Å². The highest BCUT2D eigenvalue weighted by atomic mass is 32.1. The number of nitrogens with one attached hydrogen (secondary N) is 1. The van der Waals surface area contributed by atoms with E-state index in [4.69, 9.17) is 0 Å². The number of imidazole rings is 1. The molecule has 0 saturated heterocycles. The third kappa shape index (κ3) is 3.01. The Balaban J connectivity index is 1.65. The number of hydrogen-bond donors (Lipinski definition) is 1. The molecule has 0 aliphatic heterocycles. The Bertz CT molecular complexity index is 741. The molecule has 0 aliphatic carbocycles. The lowest BCUT2D eigenvalue weighted by Crippen LogP contribution is -2.23. The lowest BCUT2D eigenvalue weighted by Gasteiger charge is -2.13. The van der Waals surface area contributed by atoms with E-state index in [0.717, 1.165) is 24.4 Å². The van der Waals surface area contributed by atoms with Crippen molar-refractivity contribution in [2.45, 2.75) is 33.4 Å². The molecule has 0 fully saturated rings. The second kappa shape index (κ2) is 6.00. The molecule has 2 aromatic heterocycles. The maximum absolute atomic E-state index is 4.61. The van der Waals surface area contributed by atoms with E-state index in [0.29, 0.717) is 6.04 Å². The number of thiophene rings is 1. The van der Waals surface area contributed by atoms with Crippen LogP contribution in [0.2, 0.25) is 0 Å². The summed E-state index contributed by atoms with van der Waals surface area (Å²) < 4.78 is 2.29. The second-order valence-corrected chi connectivity index (χ2v) is 6.74. The Morgan fingerprint density at radius 2 is 2.00 bits per heavy atom. The topological polar surface area (TPSA) is 29.9 Å². The largest absolute Gasteiger partial charge is 0.327 e. The molecule has 21 heavy (non-hydrogen) atoms. The monoisotopic (exact) mass is 299 g/mol. The molecule has 1 unspecified atom stereocenters. The number of benzene rings is 1. The zero-order valence-corrected chi connectivity index (χ0v) is 13.6. The summed E-state index contributed by atoms with van der Waals surface area (Å²) in [5.41, 5.74) is 2.30. The average molecular weight is 299 g/mol. The first kappa shape index (κ1) is 14.3. The van der Waals surface area contributed by atoms with Crippen molar-refractivity contribution in [2.75, 3.05) is 6.54 Å². The van der Waals surface area contributed by atoms with Crippen molar-refractivity contribution in [3.63, 3.8) is 0 Å². The SMILES string of the molecule is Cc1ccc(C(C)NCCn2c(C)nc3ccccc32)s1. The summed E-state index contributed by atoms with van der Waals surface area (Å²) in [6.45, 7) is 8.35. The normalized spacial score (nSPS) is 12.9. The Morgan fingerprint density at radius 3 is 2.76 bits per heavy atom. The van der Waals surface area contributed by atoms with Gasteiger partial charge in [0.15, 0.2) is 0 Å². The Labute approximate surface area is 129 Å². The molecule has 1 aromatic carbocycles. The van der Waals surface area contributed by atoms with Crippen molar-refractivity contribution in [1.82, 2.24) is 14.9 Å². The van der Waals surface area contributed by atoms with E-state index in [-0.39, 0.29) is 0 Å². The van der Waals surface area contributed by atoms with E-state index in [2.05, 4.69) is 66.0 Å². The second-order valence-electron chi connectivity index (χ2n) is 5.42. The van der Waals surface area contributed by atoms with Gasteiger partial charge < -0.3 is 9.88 Å². The molecule has 3 aromatic rings. The third-order valence-electron chi connectivity index (χ3n) is 3.82. The van der Waals surface area contributed by atoms with Gasteiger partial charge in [0, 0.05) is 28.9 Å². The summed E-state index contributed by atoms with van der Waals surface area (Å²) in [6, 6.07) is 13.1. The molecule has 0 aliphatic rings. The van der Waals surface area contributed by atoms with Crippen LogP contribution in [0, 0.1) is 13.8 Å². The van der Waals surface area contributed by atoms with Crippen molar-refractivity contribution in [2.24, 2.45) is 0 Å². The zero-order chi connectivity index (χ0) is 14.8. The van der Waals surface area contributed by atoms with Crippen molar-refractivity contribution in [1.29, 1.82) is 0 Å². The molecule has 4 heteroatoms. The number of fused-ring (bicyclic) bond motifs is 1. The third-order valence-corrected chi connectivity index (χ3v) is 5.00. The summed E-state index contributed by atoms with van der Waals surface area (Å²) in [5, 5.41) is 3.60. The zero-order valence-electron chi connectivity index (χ0n) is 12.8. The molecule has 110 valence electrons. The molecule has 2 heterocycles. The lowest BCUT2D eigenvalue weighted by molar-refractivity contribution is 0.537. The maximum Gasteiger partial charge on any atom is 0.106 e. The van der Waals surface area contributed by atoms with Crippen LogP contribution in [-0.4, -0.2) is 16.1 Å². The van der Waals surface area contributed by atoms with Crippen LogP contribution >= 0.6 is 11.3 Å². The van der Waals surface area contributed by atoms with Crippen LogP contribution in [0.3, 0.4) is 0 Å². The molecule has 1 N–H and O–H groups in total. The molecule has 0 amide bonds. The molecule has 0 bridgehead atoms. The predicted molar refractivity (Wildman–Crippen MR) is 89.9 cm³/mol. The molecule has 0 spiro atoms. The molecular weight excluding hydrogens is 278 g/mol. The minimum Gasteiger partial charge on any atom is -0.327 e. The average Bonchev–Trinajstić information content (AvgIpc) is 3.03. The highest BCUT2D eigenvalue weighted by molar-refractivity contribution is 7.12. The summed E-state index contributed by atoms with van der Waals surface area (Å²) in [5.74, 6) is 1.08. The molecule has 3 nitrogen and oxygen atoms in total. The smallest absolute Gasteiger partial charge is 0.106 e. The van der Waals surface area contributed by atoms with Gasteiger partial charge in [0.25, 0.3) is 0 Å². The van der Waals surface area contributed by atoms with Gasteiger partial charge in [-0.25, -0.2) is 4.98 Å². The fraction of sp³-hybridized carbons (Fsp3) is 0.353. The number of hydrogen-bond acceptors (Lipinski definition) is 3. The Kier molecular flexibility index (Phi) is 4.08. The van der Waals surface area contributed by atoms with Crippen LogP contribution in [0.5, 0.6) is 0 Å². The first-order valence-electron chi connectivity index (χ1n) is 7.37. The Morgan fingerprint density at radius 1 is 1.19 bits per heavy atom. The van der Waals surface area contributed by atoms with Crippen LogP contribution in [-0.2, 0) is 6.54 Å². The molecular formula is C17H21N3S. The molecule has 3 rings (SSSR count). The van der Waals surface area contributed by atoms with Crippen molar-refractivity contribution < 1.29 is 0 Å². The van der Waals surface area contributed by atoms with Gasteiger partial charge in [-0.15, -0.1) is 11.3 Å². The van der Waals surface area contributed by atoms with Gasteiger partial charge in [0.1, 0.15) is 5.82 Å². The lowest BCUT2D eigenvalue weighted by atomic mass is 10.2. The van der Waals surface area contributed by atoms with Gasteiger partial charge in [-0.05, 0) is 45.0 Å². The Hall–Kier alpha value is -1.65. The van der Waals surface area contributed by atoms with E-state index in [1.807, 2.05) is 17.4 Å². The highest BCUT2D eigenvalue weighted by Gasteiger charge is 2.09. The minimum atomic E-state index is 0.402. The maximum atomic E-state index is 4.61. The van der Waals surface area contributed by atoms with Crippen molar-refractivity contribution in [3.8, 4) is 0 Å². The fourth-order valence-electron chi connectivity index (χ4n) is 2.66. The van der Waals surface area contributed by atoms with Crippen LogP contribution < -0.4 is 5.32 Å². The van der Waals surface area contributed by atoms with E-state index in [1.54, 1.807) is 0 Å². The number of aryl methyl sites for hydroxylation is 2. The molecule has 1 atom stereocenters. The van der Waals surface area contributed by atoms with E-state index < -0.39 is 0 Å². The first-order chi connectivity index (χ1) is 10.1. The van der Waals surface area contributed by atoms with Gasteiger partial charge in [0.05, 0.1) is 11.0 Å². The van der Waals surface area contributed by atoms with Crippen LogP contribution in [0.4, 0.5) is 0 Å².